The molecule has 1 rings (SSSR count). The molecule has 0 aliphatic heterocycles. The molecular weight excluding hydrogens is 216 g/mol. The number of hydrogen-bond acceptors (Lipinski definition) is 2. The second kappa shape index (κ2) is 5.32. The molecule has 4 heteroatoms. The van der Waals surface area contributed by atoms with Crippen LogP contribution in [0.1, 0.15) is 11.1 Å². The van der Waals surface area contributed by atoms with E-state index >= 15 is 0 Å². The Morgan fingerprint density at radius 1 is 1.47 bits per heavy atom. The highest BCUT2D eigenvalue weighted by atomic mass is 35.5. The van der Waals surface area contributed by atoms with E-state index in [0.717, 1.165) is 0 Å². The largest absolute Gasteiger partial charge is 0.481 e. The number of benzene rings is 1. The van der Waals surface area contributed by atoms with Crippen molar-refractivity contribution in [3.63, 3.8) is 0 Å². The van der Waals surface area contributed by atoms with Crippen LogP contribution in [0.15, 0.2) is 24.3 Å². The minimum atomic E-state index is -0.918. The monoisotopic (exact) mass is 224 g/mol. The number of halogens is 1. The number of carboxylic acids is 1. The van der Waals surface area contributed by atoms with Crippen LogP contribution in [0.5, 0.6) is 0 Å². The van der Waals surface area contributed by atoms with E-state index in [9.17, 15) is 9.59 Å². The first kappa shape index (κ1) is 11.5. The lowest BCUT2D eigenvalue weighted by Gasteiger charge is -2.03. The molecule has 3 nitrogen and oxygen atoms in total. The van der Waals surface area contributed by atoms with E-state index in [-0.39, 0.29) is 6.42 Å². The zero-order chi connectivity index (χ0) is 11.3. The van der Waals surface area contributed by atoms with Crippen molar-refractivity contribution in [3.05, 3.63) is 40.4 Å². The molecule has 15 heavy (non-hydrogen) atoms. The SMILES string of the molecule is O=CC=Cc1cc(Cl)ccc1CC(=O)O. The standard InChI is InChI=1S/C11H9ClO3/c12-10-4-3-9(7-11(14)15)8(6-10)2-1-5-13/h1-6H,7H2,(H,14,15). The predicted molar refractivity (Wildman–Crippen MR) is 57.9 cm³/mol. The first-order valence-electron chi connectivity index (χ1n) is 4.25. The molecule has 0 bridgehead atoms. The van der Waals surface area contributed by atoms with E-state index in [2.05, 4.69) is 0 Å². The quantitative estimate of drug-likeness (QED) is 0.630. The number of carbonyl (C=O) groups excluding carboxylic acids is 1. The van der Waals surface area contributed by atoms with Crippen LogP contribution in [0, 0.1) is 0 Å². The summed E-state index contributed by atoms with van der Waals surface area (Å²) >= 11 is 5.76. The Bertz CT molecular complexity index is 410. The van der Waals surface area contributed by atoms with Gasteiger partial charge in [-0.25, -0.2) is 0 Å². The lowest BCUT2D eigenvalue weighted by Crippen LogP contribution is -2.01. The normalized spacial score (nSPS) is 10.5. The molecule has 0 amide bonds. The zero-order valence-electron chi connectivity index (χ0n) is 7.81. The Morgan fingerprint density at radius 2 is 2.20 bits per heavy atom. The van der Waals surface area contributed by atoms with E-state index in [1.807, 2.05) is 0 Å². The molecule has 0 atom stereocenters. The number of hydrogen-bond donors (Lipinski definition) is 1. The topological polar surface area (TPSA) is 54.4 Å². The fourth-order valence-electron chi connectivity index (χ4n) is 1.19. The van der Waals surface area contributed by atoms with Gasteiger partial charge in [-0.3, -0.25) is 9.59 Å². The fraction of sp³-hybridized carbons (Fsp3) is 0.0909. The molecule has 0 heterocycles. The van der Waals surface area contributed by atoms with E-state index in [0.29, 0.717) is 22.4 Å². The average molecular weight is 225 g/mol. The molecular formula is C11H9ClO3. The first-order chi connectivity index (χ1) is 7.13. The second-order valence-electron chi connectivity index (χ2n) is 2.91. The summed E-state index contributed by atoms with van der Waals surface area (Å²) in [6.07, 6.45) is 3.38. The molecule has 0 saturated carbocycles. The van der Waals surface area contributed by atoms with Crippen molar-refractivity contribution in [3.8, 4) is 0 Å². The van der Waals surface area contributed by atoms with Gasteiger partial charge in [0.2, 0.25) is 0 Å². The molecule has 0 aliphatic carbocycles. The van der Waals surface area contributed by atoms with Crippen molar-refractivity contribution < 1.29 is 14.7 Å². The van der Waals surface area contributed by atoms with Crippen LogP contribution in [0.25, 0.3) is 6.08 Å². The summed E-state index contributed by atoms with van der Waals surface area (Å²) in [5.74, 6) is -0.918. The van der Waals surface area contributed by atoms with E-state index in [4.69, 9.17) is 16.7 Å². The van der Waals surface area contributed by atoms with Gasteiger partial charge in [-0.1, -0.05) is 23.7 Å². The number of carboxylic acid groups (broad SMARTS) is 1. The summed E-state index contributed by atoms with van der Waals surface area (Å²) in [6, 6.07) is 4.89. The number of allylic oxidation sites excluding steroid dienone is 1. The molecule has 0 unspecified atom stereocenters. The Morgan fingerprint density at radius 3 is 2.80 bits per heavy atom. The van der Waals surface area contributed by atoms with E-state index in [1.54, 1.807) is 18.2 Å². The number of rotatable bonds is 4. The summed E-state index contributed by atoms with van der Waals surface area (Å²) in [6.45, 7) is 0. The van der Waals surface area contributed by atoms with E-state index < -0.39 is 5.97 Å². The third kappa shape index (κ3) is 3.56. The molecule has 1 aromatic carbocycles. The van der Waals surface area contributed by atoms with Crippen LogP contribution >= 0.6 is 11.6 Å². The maximum Gasteiger partial charge on any atom is 0.307 e. The molecule has 0 aromatic heterocycles. The highest BCUT2D eigenvalue weighted by Gasteiger charge is 2.05. The van der Waals surface area contributed by atoms with Gasteiger partial charge < -0.3 is 5.11 Å². The van der Waals surface area contributed by atoms with Gasteiger partial charge in [-0.05, 0) is 29.3 Å². The maximum atomic E-state index is 10.6. The smallest absolute Gasteiger partial charge is 0.307 e. The van der Waals surface area contributed by atoms with Gasteiger partial charge in [0.15, 0.2) is 0 Å². The van der Waals surface area contributed by atoms with Crippen LogP contribution in [0.4, 0.5) is 0 Å². The molecule has 1 N–H and O–H groups in total. The van der Waals surface area contributed by atoms with Gasteiger partial charge in [0.1, 0.15) is 6.29 Å². The van der Waals surface area contributed by atoms with Gasteiger partial charge in [0.25, 0.3) is 0 Å². The Labute approximate surface area is 92.0 Å². The first-order valence-corrected chi connectivity index (χ1v) is 4.63. The molecule has 0 radical (unpaired) electrons. The van der Waals surface area contributed by atoms with Gasteiger partial charge in [0.05, 0.1) is 6.42 Å². The van der Waals surface area contributed by atoms with Crippen LogP contribution < -0.4 is 0 Å². The third-order valence-electron chi connectivity index (χ3n) is 1.80. The summed E-state index contributed by atoms with van der Waals surface area (Å²) in [5.41, 5.74) is 1.28. The number of aldehydes is 1. The van der Waals surface area contributed by atoms with Crippen LogP contribution in [0.2, 0.25) is 5.02 Å². The lowest BCUT2D eigenvalue weighted by atomic mass is 10.0. The van der Waals surface area contributed by atoms with Crippen molar-refractivity contribution in [2.45, 2.75) is 6.42 Å². The Kier molecular flexibility index (Phi) is 4.06. The predicted octanol–water partition coefficient (Wildman–Crippen LogP) is 2.18. The minimum absolute atomic E-state index is 0.0876. The number of carbonyl (C=O) groups is 2. The van der Waals surface area contributed by atoms with Crippen LogP contribution in [0.3, 0.4) is 0 Å². The molecule has 1 aromatic rings. The summed E-state index contributed by atoms with van der Waals surface area (Å²) in [7, 11) is 0. The summed E-state index contributed by atoms with van der Waals surface area (Å²) < 4.78 is 0. The summed E-state index contributed by atoms with van der Waals surface area (Å²) in [5, 5.41) is 9.17. The summed E-state index contributed by atoms with van der Waals surface area (Å²) in [4.78, 5) is 20.7. The number of aliphatic carboxylic acids is 1. The van der Waals surface area contributed by atoms with Gasteiger partial charge in [-0.2, -0.15) is 0 Å². The zero-order valence-corrected chi connectivity index (χ0v) is 8.57. The van der Waals surface area contributed by atoms with Crippen LogP contribution in [-0.4, -0.2) is 17.4 Å². The van der Waals surface area contributed by atoms with Gasteiger partial charge in [-0.15, -0.1) is 0 Å². The van der Waals surface area contributed by atoms with Crippen molar-refractivity contribution in [1.29, 1.82) is 0 Å². The third-order valence-corrected chi connectivity index (χ3v) is 2.04. The molecule has 0 fully saturated rings. The fourth-order valence-corrected chi connectivity index (χ4v) is 1.37. The van der Waals surface area contributed by atoms with Crippen molar-refractivity contribution in [1.82, 2.24) is 0 Å². The van der Waals surface area contributed by atoms with Crippen molar-refractivity contribution >= 4 is 29.9 Å². The van der Waals surface area contributed by atoms with Crippen LogP contribution in [-0.2, 0) is 16.0 Å². The second-order valence-corrected chi connectivity index (χ2v) is 3.35. The minimum Gasteiger partial charge on any atom is -0.481 e. The molecule has 78 valence electrons. The van der Waals surface area contributed by atoms with E-state index in [1.165, 1.54) is 12.2 Å². The Balaban J connectivity index is 3.07. The Hall–Kier alpha value is -1.61. The molecule has 0 saturated heterocycles. The highest BCUT2D eigenvalue weighted by Crippen LogP contribution is 2.18. The lowest BCUT2D eigenvalue weighted by molar-refractivity contribution is -0.136. The maximum absolute atomic E-state index is 10.6. The average Bonchev–Trinajstić information content (AvgIpc) is 2.18. The van der Waals surface area contributed by atoms with Gasteiger partial charge in [0, 0.05) is 5.02 Å². The van der Waals surface area contributed by atoms with Gasteiger partial charge >= 0.3 is 5.97 Å². The van der Waals surface area contributed by atoms with Crippen molar-refractivity contribution in [2.24, 2.45) is 0 Å². The highest BCUT2D eigenvalue weighted by molar-refractivity contribution is 6.30. The molecule has 0 aliphatic rings. The van der Waals surface area contributed by atoms with Crippen molar-refractivity contribution in [2.75, 3.05) is 0 Å². The molecule has 0 spiro atoms.